The molecular formula is C9H20ClNO3S. The average molecular weight is 258 g/mol. The molecule has 1 unspecified atom stereocenters. The van der Waals surface area contributed by atoms with E-state index >= 15 is 0 Å². The minimum Gasteiger partial charge on any atom is -0.396 e. The number of unbranched alkanes of at least 4 members (excludes halogenated alkanes) is 1. The molecule has 0 saturated carbocycles. The lowest BCUT2D eigenvalue weighted by Gasteiger charge is -2.15. The minimum atomic E-state index is -3.21. The number of hydrogen-bond donors (Lipinski definition) is 2. The third-order valence-electron chi connectivity index (χ3n) is 2.11. The predicted molar refractivity (Wildman–Crippen MR) is 62.7 cm³/mol. The molecule has 0 radical (unpaired) electrons. The van der Waals surface area contributed by atoms with E-state index in [9.17, 15) is 8.42 Å². The van der Waals surface area contributed by atoms with Crippen molar-refractivity contribution in [2.75, 3.05) is 18.2 Å². The normalized spacial score (nSPS) is 14.1. The topological polar surface area (TPSA) is 66.4 Å². The Bertz CT molecular complexity index is 244. The van der Waals surface area contributed by atoms with Gasteiger partial charge in [-0.1, -0.05) is 6.92 Å². The van der Waals surface area contributed by atoms with Gasteiger partial charge in [-0.25, -0.2) is 13.1 Å². The summed E-state index contributed by atoms with van der Waals surface area (Å²) in [6.07, 6.45) is 2.44. The van der Waals surface area contributed by atoms with Crippen molar-refractivity contribution in [1.29, 1.82) is 0 Å². The van der Waals surface area contributed by atoms with E-state index in [1.165, 1.54) is 0 Å². The first kappa shape index (κ1) is 15.2. The monoisotopic (exact) mass is 257 g/mol. The van der Waals surface area contributed by atoms with Crippen LogP contribution in [-0.2, 0) is 10.0 Å². The van der Waals surface area contributed by atoms with Gasteiger partial charge in [0, 0.05) is 18.5 Å². The summed E-state index contributed by atoms with van der Waals surface area (Å²) in [5, 5.41) is 8.73. The molecule has 6 heteroatoms. The Morgan fingerprint density at radius 2 is 2.07 bits per heavy atom. The SMILES string of the molecule is CCC(CCO)NS(=O)(=O)CCCCCl. The molecule has 0 aromatic heterocycles. The fraction of sp³-hybridized carbons (Fsp3) is 1.00. The summed E-state index contributed by atoms with van der Waals surface area (Å²) in [6.45, 7) is 1.89. The Morgan fingerprint density at radius 3 is 2.53 bits per heavy atom. The Labute approximate surface area is 97.1 Å². The number of halogens is 1. The smallest absolute Gasteiger partial charge is 0.211 e. The van der Waals surface area contributed by atoms with Crippen molar-refractivity contribution < 1.29 is 13.5 Å². The number of hydrogen-bond acceptors (Lipinski definition) is 3. The van der Waals surface area contributed by atoms with Crippen LogP contribution in [0, 0.1) is 0 Å². The van der Waals surface area contributed by atoms with Crippen LogP contribution >= 0.6 is 11.6 Å². The lowest BCUT2D eigenvalue weighted by Crippen LogP contribution is -2.36. The predicted octanol–water partition coefficient (Wildman–Crippen LogP) is 1.09. The van der Waals surface area contributed by atoms with Crippen LogP contribution < -0.4 is 4.72 Å². The van der Waals surface area contributed by atoms with E-state index in [-0.39, 0.29) is 18.4 Å². The molecule has 0 fully saturated rings. The van der Waals surface area contributed by atoms with Crippen LogP contribution in [0.2, 0.25) is 0 Å². The molecule has 92 valence electrons. The average Bonchev–Trinajstić information content (AvgIpc) is 2.17. The molecule has 1 atom stereocenters. The summed E-state index contributed by atoms with van der Waals surface area (Å²) >= 11 is 5.46. The minimum absolute atomic E-state index is 0.00269. The fourth-order valence-electron chi connectivity index (χ4n) is 1.20. The third-order valence-corrected chi connectivity index (χ3v) is 3.90. The highest BCUT2D eigenvalue weighted by molar-refractivity contribution is 7.89. The highest BCUT2D eigenvalue weighted by Gasteiger charge is 2.15. The molecule has 0 spiro atoms. The number of alkyl halides is 1. The molecule has 0 heterocycles. The first-order valence-corrected chi connectivity index (χ1v) is 7.41. The van der Waals surface area contributed by atoms with Gasteiger partial charge in [-0.3, -0.25) is 0 Å². The van der Waals surface area contributed by atoms with E-state index in [1.807, 2.05) is 6.92 Å². The summed E-state index contributed by atoms with van der Waals surface area (Å²) in [6, 6.07) is -0.156. The summed E-state index contributed by atoms with van der Waals surface area (Å²) in [5.41, 5.74) is 0. The summed E-state index contributed by atoms with van der Waals surface area (Å²) in [7, 11) is -3.21. The molecule has 0 aromatic rings. The van der Waals surface area contributed by atoms with E-state index in [0.29, 0.717) is 31.6 Å². The number of sulfonamides is 1. The zero-order valence-corrected chi connectivity index (χ0v) is 10.6. The third kappa shape index (κ3) is 8.02. The van der Waals surface area contributed by atoms with Gasteiger partial charge in [-0.05, 0) is 25.7 Å². The van der Waals surface area contributed by atoms with Crippen LogP contribution in [0.3, 0.4) is 0 Å². The van der Waals surface area contributed by atoms with E-state index < -0.39 is 10.0 Å². The maximum Gasteiger partial charge on any atom is 0.211 e. The maximum atomic E-state index is 11.5. The number of aliphatic hydroxyl groups is 1. The Kier molecular flexibility index (Phi) is 8.42. The molecule has 0 aliphatic heterocycles. The van der Waals surface area contributed by atoms with Gasteiger partial charge in [0.05, 0.1) is 5.75 Å². The van der Waals surface area contributed by atoms with Crippen LogP contribution in [0.5, 0.6) is 0 Å². The molecule has 0 aliphatic rings. The van der Waals surface area contributed by atoms with Gasteiger partial charge in [-0.15, -0.1) is 11.6 Å². The summed E-state index contributed by atoms with van der Waals surface area (Å²) < 4.78 is 25.6. The van der Waals surface area contributed by atoms with Gasteiger partial charge in [-0.2, -0.15) is 0 Å². The zero-order valence-electron chi connectivity index (χ0n) is 9.08. The van der Waals surface area contributed by atoms with E-state index in [1.54, 1.807) is 0 Å². The standard InChI is InChI=1S/C9H20ClNO3S/c1-2-9(5-7-12)11-15(13,14)8-4-3-6-10/h9,11-12H,2-8H2,1H3. The second-order valence-electron chi connectivity index (χ2n) is 3.45. The second kappa shape index (κ2) is 8.33. The molecular weight excluding hydrogens is 238 g/mol. The number of rotatable bonds is 9. The fourth-order valence-corrected chi connectivity index (χ4v) is 2.89. The van der Waals surface area contributed by atoms with Gasteiger partial charge in [0.1, 0.15) is 0 Å². The second-order valence-corrected chi connectivity index (χ2v) is 5.70. The molecule has 0 amide bonds. The van der Waals surface area contributed by atoms with Crippen molar-refractivity contribution >= 4 is 21.6 Å². The van der Waals surface area contributed by atoms with Crippen LogP contribution in [-0.4, -0.2) is 37.8 Å². The number of aliphatic hydroxyl groups excluding tert-OH is 1. The molecule has 4 nitrogen and oxygen atoms in total. The van der Waals surface area contributed by atoms with Crippen molar-refractivity contribution in [3.05, 3.63) is 0 Å². The van der Waals surface area contributed by atoms with Crippen molar-refractivity contribution in [2.24, 2.45) is 0 Å². The first-order valence-electron chi connectivity index (χ1n) is 5.22. The van der Waals surface area contributed by atoms with E-state index in [0.717, 1.165) is 0 Å². The van der Waals surface area contributed by atoms with Crippen LogP contribution in [0.15, 0.2) is 0 Å². The Hall–Kier alpha value is 0.160. The van der Waals surface area contributed by atoms with Gasteiger partial charge >= 0.3 is 0 Å². The summed E-state index contributed by atoms with van der Waals surface area (Å²) in [5.74, 6) is 0.602. The molecule has 0 aliphatic carbocycles. The quantitative estimate of drug-likeness (QED) is 0.480. The largest absolute Gasteiger partial charge is 0.396 e. The molecule has 0 aromatic carbocycles. The summed E-state index contributed by atoms with van der Waals surface area (Å²) in [4.78, 5) is 0. The molecule has 0 bridgehead atoms. The number of nitrogens with one attached hydrogen (secondary N) is 1. The lowest BCUT2D eigenvalue weighted by molar-refractivity contribution is 0.270. The Balaban J connectivity index is 3.99. The van der Waals surface area contributed by atoms with Crippen LogP contribution in [0.1, 0.15) is 32.6 Å². The van der Waals surface area contributed by atoms with Crippen molar-refractivity contribution in [3.63, 3.8) is 0 Å². The van der Waals surface area contributed by atoms with Crippen LogP contribution in [0.25, 0.3) is 0 Å². The molecule has 2 N–H and O–H groups in total. The molecule has 15 heavy (non-hydrogen) atoms. The van der Waals surface area contributed by atoms with E-state index in [2.05, 4.69) is 4.72 Å². The first-order chi connectivity index (χ1) is 7.05. The van der Waals surface area contributed by atoms with Gasteiger partial charge in [0.15, 0.2) is 0 Å². The van der Waals surface area contributed by atoms with Crippen LogP contribution in [0.4, 0.5) is 0 Å². The molecule has 0 rings (SSSR count). The van der Waals surface area contributed by atoms with Crippen molar-refractivity contribution in [2.45, 2.75) is 38.6 Å². The Morgan fingerprint density at radius 1 is 1.40 bits per heavy atom. The van der Waals surface area contributed by atoms with Crippen molar-refractivity contribution in [3.8, 4) is 0 Å². The highest BCUT2D eigenvalue weighted by Crippen LogP contribution is 2.02. The lowest BCUT2D eigenvalue weighted by atomic mass is 10.2. The van der Waals surface area contributed by atoms with Crippen molar-refractivity contribution in [1.82, 2.24) is 4.72 Å². The van der Waals surface area contributed by atoms with Gasteiger partial charge in [0.25, 0.3) is 0 Å². The molecule has 0 saturated heterocycles. The zero-order chi connectivity index (χ0) is 11.7. The highest BCUT2D eigenvalue weighted by atomic mass is 35.5. The maximum absolute atomic E-state index is 11.5. The van der Waals surface area contributed by atoms with E-state index in [4.69, 9.17) is 16.7 Å². The van der Waals surface area contributed by atoms with Gasteiger partial charge in [0.2, 0.25) is 10.0 Å². The van der Waals surface area contributed by atoms with Gasteiger partial charge < -0.3 is 5.11 Å².